The summed E-state index contributed by atoms with van der Waals surface area (Å²) in [6, 6.07) is 23.9. The molecule has 5 nitrogen and oxygen atoms in total. The molecule has 29 heavy (non-hydrogen) atoms. The maximum absolute atomic E-state index is 12.7. The van der Waals surface area contributed by atoms with Crippen LogP contribution in [0.25, 0.3) is 0 Å². The lowest BCUT2D eigenvalue weighted by Crippen LogP contribution is -2.40. The summed E-state index contributed by atoms with van der Waals surface area (Å²) in [6.45, 7) is 2.77. The van der Waals surface area contributed by atoms with Gasteiger partial charge in [0.1, 0.15) is 6.10 Å². The van der Waals surface area contributed by atoms with Crippen molar-refractivity contribution in [3.05, 3.63) is 95.8 Å². The van der Waals surface area contributed by atoms with Crippen LogP contribution in [-0.2, 0) is 11.3 Å². The van der Waals surface area contributed by atoms with Crippen LogP contribution < -0.4 is 5.32 Å². The first-order valence-electron chi connectivity index (χ1n) is 10.2. The number of nitrogens with one attached hydrogen (secondary N) is 2. The number of benzene rings is 2. The Morgan fingerprint density at radius 3 is 2.14 bits per heavy atom. The molecule has 0 bridgehead atoms. The molecule has 1 amide bonds. The molecule has 2 aromatic carbocycles. The van der Waals surface area contributed by atoms with Gasteiger partial charge < -0.3 is 15.0 Å². The lowest BCUT2D eigenvalue weighted by molar-refractivity contribution is 0.0473. The Morgan fingerprint density at radius 2 is 1.59 bits per heavy atom. The number of ether oxygens (including phenoxy) is 1. The van der Waals surface area contributed by atoms with Crippen LogP contribution in [0.15, 0.2) is 79.0 Å². The molecule has 1 aromatic heterocycles. The smallest absolute Gasteiger partial charge is 0.408 e. The number of amides is 1. The van der Waals surface area contributed by atoms with Crippen LogP contribution >= 0.6 is 0 Å². The van der Waals surface area contributed by atoms with Gasteiger partial charge in [0, 0.05) is 31.5 Å². The van der Waals surface area contributed by atoms with Gasteiger partial charge in [0.05, 0.1) is 6.04 Å². The molecular formula is C24H27N3O2. The fraction of sp³-hybridized carbons (Fsp3) is 0.292. The summed E-state index contributed by atoms with van der Waals surface area (Å²) in [4.78, 5) is 18.3. The molecule has 1 fully saturated rings. The standard InChI is InChI=1S/C24H27N3O2/c28-24(29-22-13-16-27(17-14-22)18-21-12-7-15-25-21)26-23(19-8-3-1-4-9-19)20-10-5-2-6-11-20/h1-12,15,22-23,25H,13-14,16-18H2,(H,26,28). The second kappa shape index (κ2) is 9.43. The van der Waals surface area contributed by atoms with Gasteiger partial charge in [-0.2, -0.15) is 0 Å². The Labute approximate surface area is 171 Å². The van der Waals surface area contributed by atoms with Crippen LogP contribution in [0.3, 0.4) is 0 Å². The molecule has 1 saturated heterocycles. The summed E-state index contributed by atoms with van der Waals surface area (Å²) in [7, 11) is 0. The number of H-pyrrole nitrogens is 1. The van der Waals surface area contributed by atoms with Crippen molar-refractivity contribution in [3.63, 3.8) is 0 Å². The number of nitrogens with zero attached hydrogens (tertiary/aromatic N) is 1. The van der Waals surface area contributed by atoms with Crippen molar-refractivity contribution in [1.82, 2.24) is 15.2 Å². The van der Waals surface area contributed by atoms with E-state index in [1.54, 1.807) is 0 Å². The Bertz CT molecular complexity index is 834. The Kier molecular flexibility index (Phi) is 6.27. The van der Waals surface area contributed by atoms with Gasteiger partial charge in [-0.25, -0.2) is 4.79 Å². The number of hydrogen-bond acceptors (Lipinski definition) is 3. The normalized spacial score (nSPS) is 15.3. The van der Waals surface area contributed by atoms with Crippen LogP contribution in [0.2, 0.25) is 0 Å². The van der Waals surface area contributed by atoms with Crippen molar-refractivity contribution in [2.75, 3.05) is 13.1 Å². The number of carbonyl (C=O) groups excluding carboxylic acids is 1. The van der Waals surface area contributed by atoms with E-state index in [1.807, 2.05) is 72.9 Å². The SMILES string of the molecule is O=C(NC(c1ccccc1)c1ccccc1)OC1CCN(Cc2ccc[nH]2)CC1. The first-order valence-corrected chi connectivity index (χ1v) is 10.2. The van der Waals surface area contributed by atoms with Crippen LogP contribution in [0.5, 0.6) is 0 Å². The van der Waals surface area contributed by atoms with E-state index in [-0.39, 0.29) is 18.2 Å². The number of aromatic nitrogens is 1. The molecule has 2 heterocycles. The molecule has 1 aliphatic rings. The summed E-state index contributed by atoms with van der Waals surface area (Å²) < 4.78 is 5.76. The van der Waals surface area contributed by atoms with E-state index in [2.05, 4.69) is 21.3 Å². The molecule has 3 aromatic rings. The molecule has 2 N–H and O–H groups in total. The Morgan fingerprint density at radius 1 is 0.966 bits per heavy atom. The van der Waals surface area contributed by atoms with E-state index in [1.165, 1.54) is 5.69 Å². The van der Waals surface area contributed by atoms with E-state index in [4.69, 9.17) is 4.74 Å². The van der Waals surface area contributed by atoms with Gasteiger partial charge in [-0.1, -0.05) is 60.7 Å². The van der Waals surface area contributed by atoms with E-state index in [0.717, 1.165) is 43.6 Å². The number of piperidine rings is 1. The van der Waals surface area contributed by atoms with Gasteiger partial charge >= 0.3 is 6.09 Å². The maximum Gasteiger partial charge on any atom is 0.408 e. The number of aromatic amines is 1. The summed E-state index contributed by atoms with van der Waals surface area (Å²) in [5, 5.41) is 3.06. The second-order valence-electron chi connectivity index (χ2n) is 7.47. The average Bonchev–Trinajstić information content (AvgIpc) is 3.28. The van der Waals surface area contributed by atoms with Gasteiger partial charge in [-0.05, 0) is 36.1 Å². The maximum atomic E-state index is 12.7. The number of rotatable bonds is 6. The molecule has 0 spiro atoms. The molecule has 150 valence electrons. The zero-order valence-electron chi connectivity index (χ0n) is 16.5. The van der Waals surface area contributed by atoms with Gasteiger partial charge in [-0.15, -0.1) is 0 Å². The minimum Gasteiger partial charge on any atom is -0.446 e. The van der Waals surface area contributed by atoms with E-state index >= 15 is 0 Å². The number of carbonyl (C=O) groups is 1. The number of alkyl carbamates (subject to hydrolysis) is 1. The van der Waals surface area contributed by atoms with Gasteiger partial charge in [0.15, 0.2) is 0 Å². The monoisotopic (exact) mass is 389 g/mol. The van der Waals surface area contributed by atoms with Gasteiger partial charge in [0.2, 0.25) is 0 Å². The largest absolute Gasteiger partial charge is 0.446 e. The van der Waals surface area contributed by atoms with Crippen molar-refractivity contribution >= 4 is 6.09 Å². The molecule has 1 aliphatic heterocycles. The molecule has 0 aliphatic carbocycles. The third-order valence-electron chi connectivity index (χ3n) is 5.39. The van der Waals surface area contributed by atoms with E-state index < -0.39 is 0 Å². The molecular weight excluding hydrogens is 362 g/mol. The molecule has 0 radical (unpaired) electrons. The molecule has 0 saturated carbocycles. The van der Waals surface area contributed by atoms with Crippen molar-refractivity contribution < 1.29 is 9.53 Å². The zero-order chi connectivity index (χ0) is 19.9. The van der Waals surface area contributed by atoms with Crippen molar-refractivity contribution in [3.8, 4) is 0 Å². The number of likely N-dealkylation sites (tertiary alicyclic amines) is 1. The molecule has 0 atom stereocenters. The highest BCUT2D eigenvalue weighted by Crippen LogP contribution is 2.23. The first-order chi connectivity index (χ1) is 14.3. The van der Waals surface area contributed by atoms with Crippen LogP contribution in [0.4, 0.5) is 4.79 Å². The Balaban J connectivity index is 1.33. The van der Waals surface area contributed by atoms with Crippen molar-refractivity contribution in [2.45, 2.75) is 31.5 Å². The van der Waals surface area contributed by atoms with E-state index in [0.29, 0.717) is 0 Å². The highest BCUT2D eigenvalue weighted by Gasteiger charge is 2.24. The average molecular weight is 389 g/mol. The quantitative estimate of drug-likeness (QED) is 0.653. The van der Waals surface area contributed by atoms with Gasteiger partial charge in [-0.3, -0.25) is 4.90 Å². The highest BCUT2D eigenvalue weighted by molar-refractivity contribution is 5.69. The third-order valence-corrected chi connectivity index (χ3v) is 5.39. The van der Waals surface area contributed by atoms with Crippen LogP contribution in [0.1, 0.15) is 35.7 Å². The van der Waals surface area contributed by atoms with E-state index in [9.17, 15) is 4.79 Å². The minimum atomic E-state index is -0.356. The highest BCUT2D eigenvalue weighted by atomic mass is 16.6. The number of hydrogen-bond donors (Lipinski definition) is 2. The third kappa shape index (κ3) is 5.27. The summed E-state index contributed by atoms with van der Waals surface area (Å²) in [6.07, 6.45) is 3.27. The second-order valence-corrected chi connectivity index (χ2v) is 7.47. The minimum absolute atomic E-state index is 0.0397. The summed E-state index contributed by atoms with van der Waals surface area (Å²) in [5.74, 6) is 0. The van der Waals surface area contributed by atoms with Crippen LogP contribution in [-0.4, -0.2) is 35.2 Å². The summed E-state index contributed by atoms with van der Waals surface area (Å²) >= 11 is 0. The predicted molar refractivity (Wildman–Crippen MR) is 113 cm³/mol. The lowest BCUT2D eigenvalue weighted by Gasteiger charge is -2.31. The molecule has 0 unspecified atom stereocenters. The predicted octanol–water partition coefficient (Wildman–Crippen LogP) is 4.49. The first kappa shape index (κ1) is 19.3. The molecule has 5 heteroatoms. The zero-order valence-corrected chi connectivity index (χ0v) is 16.5. The van der Waals surface area contributed by atoms with Crippen molar-refractivity contribution in [2.24, 2.45) is 0 Å². The fourth-order valence-electron chi connectivity index (χ4n) is 3.85. The molecule has 4 rings (SSSR count). The topological polar surface area (TPSA) is 57.4 Å². The Hall–Kier alpha value is -3.05. The van der Waals surface area contributed by atoms with Crippen molar-refractivity contribution in [1.29, 1.82) is 0 Å². The van der Waals surface area contributed by atoms with Crippen LogP contribution in [0, 0.1) is 0 Å². The fourth-order valence-corrected chi connectivity index (χ4v) is 3.85. The lowest BCUT2D eigenvalue weighted by atomic mass is 9.99. The summed E-state index contributed by atoms with van der Waals surface area (Å²) in [5.41, 5.74) is 3.29. The van der Waals surface area contributed by atoms with Gasteiger partial charge in [0.25, 0.3) is 0 Å².